The van der Waals surface area contributed by atoms with Gasteiger partial charge >= 0.3 is 5.97 Å². The van der Waals surface area contributed by atoms with Crippen LogP contribution >= 0.6 is 0 Å². The number of aliphatic hydroxyl groups excluding tert-OH is 3. The number of likely N-dealkylation sites (N-methyl/N-ethyl adjacent to an activating group) is 1. The number of carbonyl (C=O) groups is 2. The molecular weight excluding hydrogens is 405 g/mol. The Balaban J connectivity index is 2.16. The number of halogens is 1. The van der Waals surface area contributed by atoms with E-state index in [0.29, 0.717) is 13.0 Å². The van der Waals surface area contributed by atoms with Crippen molar-refractivity contribution in [2.24, 2.45) is 5.73 Å². The van der Waals surface area contributed by atoms with Crippen molar-refractivity contribution in [3.05, 3.63) is 23.8 Å². The molecule has 1 aromatic rings. The van der Waals surface area contributed by atoms with E-state index < -0.39 is 49.4 Å². The molecule has 1 aromatic carbocycles. The molecule has 30 heavy (non-hydrogen) atoms. The first kappa shape index (κ1) is 23.9. The average Bonchev–Trinajstić information content (AvgIpc) is 2.72. The molecule has 12 heteroatoms. The lowest BCUT2D eigenvalue weighted by molar-refractivity contribution is -0.271. The van der Waals surface area contributed by atoms with Crippen LogP contribution in [-0.4, -0.2) is 82.6 Å². The molecule has 168 valence electrons. The van der Waals surface area contributed by atoms with E-state index in [1.165, 1.54) is 18.2 Å². The Morgan fingerprint density at radius 3 is 2.53 bits per heavy atom. The van der Waals surface area contributed by atoms with E-state index >= 15 is 0 Å². The summed E-state index contributed by atoms with van der Waals surface area (Å²) in [4.78, 5) is 23.4. The lowest BCUT2D eigenvalue weighted by atomic mass is 9.99. The molecule has 0 bridgehead atoms. The summed E-state index contributed by atoms with van der Waals surface area (Å²) in [5, 5.41) is 44.1. The van der Waals surface area contributed by atoms with Gasteiger partial charge in [0.05, 0.1) is 6.04 Å². The first-order valence-electron chi connectivity index (χ1n) is 9.19. The SMILES string of the molecule is CNC(CCN)C(=O)Nc1ccc(OC2OC(C(=O)O)C(O)C(O)C2O)c(CF)c1. The number of benzene rings is 1. The molecule has 8 N–H and O–H groups in total. The molecule has 0 aliphatic carbocycles. The van der Waals surface area contributed by atoms with Gasteiger partial charge in [0.1, 0.15) is 30.7 Å². The highest BCUT2D eigenvalue weighted by Gasteiger charge is 2.48. The molecule has 1 fully saturated rings. The van der Waals surface area contributed by atoms with E-state index in [-0.39, 0.29) is 22.9 Å². The highest BCUT2D eigenvalue weighted by Crippen LogP contribution is 2.29. The standard InChI is InChI=1S/C18H26FN3O8/c1-21-10(4-5-20)16(26)22-9-2-3-11(8(6-9)7-19)29-18-14(25)12(23)13(24)15(30-18)17(27)28/h2-3,6,10,12-15,18,21,23-25H,4-5,7,20H2,1H3,(H,22,26)(H,27,28). The Labute approximate surface area is 171 Å². The summed E-state index contributed by atoms with van der Waals surface area (Å²) >= 11 is 0. The minimum atomic E-state index is -1.87. The van der Waals surface area contributed by atoms with Crippen molar-refractivity contribution in [2.75, 3.05) is 18.9 Å². The number of anilines is 1. The fourth-order valence-corrected chi connectivity index (χ4v) is 2.95. The number of rotatable bonds is 9. The zero-order chi connectivity index (χ0) is 22.4. The van der Waals surface area contributed by atoms with Crippen LogP contribution in [0.3, 0.4) is 0 Å². The summed E-state index contributed by atoms with van der Waals surface area (Å²) in [6.07, 6.45) is -8.62. The lowest BCUT2D eigenvalue weighted by Crippen LogP contribution is -2.61. The van der Waals surface area contributed by atoms with Crippen molar-refractivity contribution < 1.29 is 43.9 Å². The average molecular weight is 431 g/mol. The fraction of sp³-hybridized carbons (Fsp3) is 0.556. The van der Waals surface area contributed by atoms with Gasteiger partial charge in [-0.15, -0.1) is 0 Å². The predicted octanol–water partition coefficient (Wildman–Crippen LogP) is -1.70. The van der Waals surface area contributed by atoms with E-state index in [2.05, 4.69) is 10.6 Å². The van der Waals surface area contributed by atoms with Crippen molar-refractivity contribution in [3.8, 4) is 5.75 Å². The number of aliphatic hydroxyl groups is 3. The van der Waals surface area contributed by atoms with E-state index in [0.717, 1.165) is 0 Å². The third-order valence-corrected chi connectivity index (χ3v) is 4.65. The fourth-order valence-electron chi connectivity index (χ4n) is 2.95. The third-order valence-electron chi connectivity index (χ3n) is 4.65. The molecule has 0 spiro atoms. The molecule has 11 nitrogen and oxygen atoms in total. The molecule has 0 aromatic heterocycles. The molecule has 0 saturated carbocycles. The van der Waals surface area contributed by atoms with E-state index in [1.807, 2.05) is 0 Å². The Hall–Kier alpha value is -2.35. The second-order valence-corrected chi connectivity index (χ2v) is 6.72. The van der Waals surface area contributed by atoms with Gasteiger partial charge in [-0.25, -0.2) is 9.18 Å². The smallest absolute Gasteiger partial charge is 0.335 e. The van der Waals surface area contributed by atoms with Crippen molar-refractivity contribution in [1.82, 2.24) is 5.32 Å². The minimum Gasteiger partial charge on any atom is -0.479 e. The molecule has 0 radical (unpaired) electrons. The van der Waals surface area contributed by atoms with Crippen LogP contribution in [0.25, 0.3) is 0 Å². The Morgan fingerprint density at radius 1 is 1.27 bits per heavy atom. The van der Waals surface area contributed by atoms with Gasteiger partial charge in [0.15, 0.2) is 6.10 Å². The van der Waals surface area contributed by atoms with Gasteiger partial charge in [-0.2, -0.15) is 0 Å². The van der Waals surface area contributed by atoms with Gasteiger partial charge in [-0.1, -0.05) is 0 Å². The number of hydrogen-bond donors (Lipinski definition) is 7. The van der Waals surface area contributed by atoms with Gasteiger partial charge < -0.3 is 46.3 Å². The molecule has 1 heterocycles. The molecule has 1 aliphatic rings. The van der Waals surface area contributed by atoms with Gasteiger partial charge in [0, 0.05) is 11.3 Å². The Bertz CT molecular complexity index is 752. The monoisotopic (exact) mass is 431 g/mol. The summed E-state index contributed by atoms with van der Waals surface area (Å²) in [6, 6.07) is 3.48. The number of amides is 1. The van der Waals surface area contributed by atoms with E-state index in [1.54, 1.807) is 7.05 Å². The van der Waals surface area contributed by atoms with Crippen LogP contribution in [0.5, 0.6) is 5.75 Å². The third kappa shape index (κ3) is 5.41. The Morgan fingerprint density at radius 2 is 1.97 bits per heavy atom. The number of carbonyl (C=O) groups excluding carboxylic acids is 1. The first-order valence-corrected chi connectivity index (χ1v) is 9.19. The predicted molar refractivity (Wildman–Crippen MR) is 101 cm³/mol. The summed E-state index contributed by atoms with van der Waals surface area (Å²) < 4.78 is 23.9. The van der Waals surface area contributed by atoms with Crippen molar-refractivity contribution in [3.63, 3.8) is 0 Å². The molecule has 1 amide bonds. The summed E-state index contributed by atoms with van der Waals surface area (Å²) in [7, 11) is 1.61. The molecular formula is C18H26FN3O8. The number of carboxylic acids is 1. The topological polar surface area (TPSA) is 184 Å². The van der Waals surface area contributed by atoms with Crippen molar-refractivity contribution in [1.29, 1.82) is 0 Å². The van der Waals surface area contributed by atoms with Gasteiger partial charge in [-0.05, 0) is 38.2 Å². The summed E-state index contributed by atoms with van der Waals surface area (Å²) in [5.74, 6) is -2.03. The molecule has 2 rings (SSSR count). The number of hydrogen-bond acceptors (Lipinski definition) is 9. The van der Waals surface area contributed by atoms with Crippen LogP contribution in [-0.2, 0) is 21.0 Å². The molecule has 1 aliphatic heterocycles. The maximum atomic E-state index is 13.5. The maximum Gasteiger partial charge on any atom is 0.335 e. The second kappa shape index (κ2) is 10.6. The van der Waals surface area contributed by atoms with Crippen LogP contribution in [0.4, 0.5) is 10.1 Å². The number of aliphatic carboxylic acids is 1. The largest absolute Gasteiger partial charge is 0.479 e. The second-order valence-electron chi connectivity index (χ2n) is 6.72. The number of nitrogens with two attached hydrogens (primary N) is 1. The minimum absolute atomic E-state index is 0.0177. The quantitative estimate of drug-likeness (QED) is 0.238. The van der Waals surface area contributed by atoms with Crippen LogP contribution in [0.2, 0.25) is 0 Å². The summed E-state index contributed by atoms with van der Waals surface area (Å²) in [6.45, 7) is -0.712. The van der Waals surface area contributed by atoms with Crippen molar-refractivity contribution >= 4 is 17.6 Å². The van der Waals surface area contributed by atoms with E-state index in [9.17, 15) is 29.3 Å². The van der Waals surface area contributed by atoms with Crippen LogP contribution < -0.4 is 21.1 Å². The van der Waals surface area contributed by atoms with Crippen LogP contribution in [0.1, 0.15) is 12.0 Å². The van der Waals surface area contributed by atoms with Crippen molar-refractivity contribution in [2.45, 2.75) is 49.8 Å². The van der Waals surface area contributed by atoms with Crippen LogP contribution in [0.15, 0.2) is 18.2 Å². The highest BCUT2D eigenvalue weighted by atomic mass is 19.1. The number of alkyl halides is 1. The molecule has 6 atom stereocenters. The lowest BCUT2D eigenvalue weighted by Gasteiger charge is -2.38. The highest BCUT2D eigenvalue weighted by molar-refractivity contribution is 5.95. The number of ether oxygens (including phenoxy) is 2. The zero-order valence-corrected chi connectivity index (χ0v) is 16.2. The molecule has 1 saturated heterocycles. The molecule has 6 unspecified atom stereocenters. The van der Waals surface area contributed by atoms with Gasteiger partial charge in [0.2, 0.25) is 12.2 Å². The number of nitrogens with one attached hydrogen (secondary N) is 2. The number of carboxylic acid groups (broad SMARTS) is 1. The normalized spacial score (nSPS) is 27.3. The zero-order valence-electron chi connectivity index (χ0n) is 16.2. The van der Waals surface area contributed by atoms with E-state index in [4.69, 9.17) is 20.3 Å². The maximum absolute atomic E-state index is 13.5. The Kier molecular flexibility index (Phi) is 8.46. The van der Waals surface area contributed by atoms with Crippen LogP contribution in [0, 0.1) is 0 Å². The first-order chi connectivity index (χ1) is 14.2. The van der Waals surface area contributed by atoms with Gasteiger partial charge in [-0.3, -0.25) is 4.79 Å². The summed E-state index contributed by atoms with van der Waals surface area (Å²) in [5.41, 5.74) is 5.72. The van der Waals surface area contributed by atoms with Gasteiger partial charge in [0.25, 0.3) is 0 Å².